The summed E-state index contributed by atoms with van der Waals surface area (Å²) >= 11 is 0. The van der Waals surface area contributed by atoms with Crippen LogP contribution in [0.5, 0.6) is 0 Å². The maximum Gasteiger partial charge on any atom is 0.345 e. The number of carbonyl (C=O) groups excluding carboxylic acids is 2. The van der Waals surface area contributed by atoms with E-state index in [0.29, 0.717) is 12.1 Å². The van der Waals surface area contributed by atoms with E-state index >= 15 is 0 Å². The molecule has 1 aromatic heterocycles. The number of ketones is 1. The lowest BCUT2D eigenvalue weighted by molar-refractivity contribution is -0.385. The lowest BCUT2D eigenvalue weighted by Crippen LogP contribution is -2.16. The van der Waals surface area contributed by atoms with Crippen LogP contribution in [0.25, 0.3) is 0 Å². The molecule has 0 radical (unpaired) electrons. The van der Waals surface area contributed by atoms with E-state index < -0.39 is 17.5 Å². The Labute approximate surface area is 144 Å². The maximum atomic E-state index is 12.3. The van der Waals surface area contributed by atoms with Crippen LogP contribution in [-0.2, 0) is 11.3 Å². The van der Waals surface area contributed by atoms with Crippen molar-refractivity contribution in [3.63, 3.8) is 0 Å². The van der Waals surface area contributed by atoms with Gasteiger partial charge in [0.25, 0.3) is 5.69 Å². The number of esters is 1. The van der Waals surface area contributed by atoms with Gasteiger partial charge in [-0.15, -0.1) is 6.58 Å². The summed E-state index contributed by atoms with van der Waals surface area (Å²) in [5.41, 5.74) is 1.56. The Balaban J connectivity index is 2.13. The predicted molar refractivity (Wildman–Crippen MR) is 91.8 cm³/mol. The van der Waals surface area contributed by atoms with E-state index in [1.807, 2.05) is 11.5 Å². The highest BCUT2D eigenvalue weighted by molar-refractivity contribution is 6.01. The van der Waals surface area contributed by atoms with Gasteiger partial charge in [-0.2, -0.15) is 0 Å². The van der Waals surface area contributed by atoms with E-state index in [0.717, 1.165) is 11.4 Å². The van der Waals surface area contributed by atoms with Gasteiger partial charge in [0.15, 0.2) is 6.61 Å². The van der Waals surface area contributed by atoms with Crippen molar-refractivity contribution < 1.29 is 19.2 Å². The number of nitrogens with zero attached hydrogens (tertiary/aromatic N) is 2. The number of Topliss-reactive ketones (excluding diaryl/α,β-unsaturated/α-hetero) is 1. The van der Waals surface area contributed by atoms with Crippen molar-refractivity contribution in [1.29, 1.82) is 0 Å². The monoisotopic (exact) mass is 342 g/mol. The largest absolute Gasteiger partial charge is 0.454 e. The molecule has 2 aromatic rings. The molecule has 25 heavy (non-hydrogen) atoms. The number of ether oxygens (including phenoxy) is 1. The molecule has 7 heteroatoms. The number of benzene rings is 1. The van der Waals surface area contributed by atoms with Crippen LogP contribution in [0.15, 0.2) is 43.0 Å². The Hall–Kier alpha value is -3.22. The quantitative estimate of drug-likeness (QED) is 0.253. The third kappa shape index (κ3) is 3.82. The first kappa shape index (κ1) is 18.1. The number of carbonyl (C=O) groups is 2. The van der Waals surface area contributed by atoms with Gasteiger partial charge in [0.1, 0.15) is 5.56 Å². The van der Waals surface area contributed by atoms with E-state index in [9.17, 15) is 19.7 Å². The molecule has 0 N–H and O–H groups in total. The predicted octanol–water partition coefficient (Wildman–Crippen LogP) is 3.24. The van der Waals surface area contributed by atoms with Gasteiger partial charge in [-0.1, -0.05) is 18.2 Å². The Kier molecular flexibility index (Phi) is 5.49. The molecule has 0 fully saturated rings. The Morgan fingerprint density at radius 2 is 1.96 bits per heavy atom. The van der Waals surface area contributed by atoms with E-state index in [1.54, 1.807) is 19.1 Å². The second kappa shape index (κ2) is 7.57. The van der Waals surface area contributed by atoms with Crippen LogP contribution < -0.4 is 0 Å². The van der Waals surface area contributed by atoms with Crippen molar-refractivity contribution in [3.8, 4) is 0 Å². The molecule has 0 atom stereocenters. The first-order chi connectivity index (χ1) is 11.9. The fourth-order valence-corrected chi connectivity index (χ4v) is 2.59. The van der Waals surface area contributed by atoms with Crippen LogP contribution in [0.2, 0.25) is 0 Å². The number of nitro groups is 1. The third-order valence-electron chi connectivity index (χ3n) is 3.84. The third-order valence-corrected chi connectivity index (χ3v) is 3.84. The molecule has 2 rings (SSSR count). The number of aromatic nitrogens is 1. The summed E-state index contributed by atoms with van der Waals surface area (Å²) in [7, 11) is 0. The second-order valence-corrected chi connectivity index (χ2v) is 5.46. The van der Waals surface area contributed by atoms with Crippen LogP contribution >= 0.6 is 0 Å². The molecule has 0 bridgehead atoms. The minimum Gasteiger partial charge on any atom is -0.454 e. The van der Waals surface area contributed by atoms with Gasteiger partial charge in [-0.3, -0.25) is 14.9 Å². The molecule has 7 nitrogen and oxygen atoms in total. The van der Waals surface area contributed by atoms with Gasteiger partial charge < -0.3 is 9.30 Å². The molecule has 0 saturated heterocycles. The van der Waals surface area contributed by atoms with E-state index in [-0.39, 0.29) is 17.0 Å². The first-order valence-electron chi connectivity index (χ1n) is 7.58. The fraction of sp³-hybridized carbons (Fsp3) is 0.222. The molecule has 0 unspecified atom stereocenters. The maximum absolute atomic E-state index is 12.3. The topological polar surface area (TPSA) is 91.4 Å². The number of aryl methyl sites for hydroxylation is 1. The van der Waals surface area contributed by atoms with Crippen molar-refractivity contribution in [2.45, 2.75) is 20.4 Å². The molecular formula is C18H18N2O5. The molecule has 0 spiro atoms. The van der Waals surface area contributed by atoms with Crippen molar-refractivity contribution in [3.05, 3.63) is 75.6 Å². The summed E-state index contributed by atoms with van der Waals surface area (Å²) in [5, 5.41) is 11.0. The molecule has 1 aromatic carbocycles. The SMILES string of the molecule is C=CCn1c(C)cc(C(=O)COC(=O)c2ccccc2[N+](=O)[O-])c1C. The van der Waals surface area contributed by atoms with Gasteiger partial charge in [0.05, 0.1) is 4.92 Å². The summed E-state index contributed by atoms with van der Waals surface area (Å²) in [5.74, 6) is -1.27. The minimum atomic E-state index is -0.902. The summed E-state index contributed by atoms with van der Waals surface area (Å²) in [6.45, 7) is 7.43. The van der Waals surface area contributed by atoms with Crippen LogP contribution in [-0.4, -0.2) is 27.8 Å². The van der Waals surface area contributed by atoms with Gasteiger partial charge >= 0.3 is 5.97 Å². The molecule has 130 valence electrons. The highest BCUT2D eigenvalue weighted by Crippen LogP contribution is 2.19. The molecular weight excluding hydrogens is 324 g/mol. The summed E-state index contributed by atoms with van der Waals surface area (Å²) < 4.78 is 6.90. The number of rotatable bonds is 7. The highest BCUT2D eigenvalue weighted by Gasteiger charge is 2.22. The van der Waals surface area contributed by atoms with Crippen molar-refractivity contribution in [2.24, 2.45) is 0 Å². The summed E-state index contributed by atoms with van der Waals surface area (Å²) in [6, 6.07) is 7.17. The number of nitro benzene ring substituents is 1. The van der Waals surface area contributed by atoms with Gasteiger partial charge in [-0.25, -0.2) is 4.79 Å². The average Bonchev–Trinajstić information content (AvgIpc) is 2.88. The van der Waals surface area contributed by atoms with Gasteiger partial charge in [0, 0.05) is 29.6 Å². The van der Waals surface area contributed by atoms with E-state index in [1.165, 1.54) is 24.3 Å². The highest BCUT2D eigenvalue weighted by atomic mass is 16.6. The van der Waals surface area contributed by atoms with Gasteiger partial charge in [0.2, 0.25) is 5.78 Å². The first-order valence-corrected chi connectivity index (χ1v) is 7.58. The molecule has 0 aliphatic carbocycles. The lowest BCUT2D eigenvalue weighted by Gasteiger charge is -2.07. The van der Waals surface area contributed by atoms with Crippen molar-refractivity contribution >= 4 is 17.4 Å². The Bertz CT molecular complexity index is 851. The Morgan fingerprint density at radius 3 is 2.60 bits per heavy atom. The zero-order valence-electron chi connectivity index (χ0n) is 14.0. The average molecular weight is 342 g/mol. The lowest BCUT2D eigenvalue weighted by atomic mass is 10.1. The molecule has 0 saturated carbocycles. The number of allylic oxidation sites excluding steroid dienone is 1. The Morgan fingerprint density at radius 1 is 1.28 bits per heavy atom. The van der Waals surface area contributed by atoms with Crippen LogP contribution in [0.1, 0.15) is 32.1 Å². The number of para-hydroxylation sites is 1. The molecule has 0 amide bonds. The smallest absolute Gasteiger partial charge is 0.345 e. The molecule has 0 aliphatic rings. The van der Waals surface area contributed by atoms with Crippen molar-refractivity contribution in [1.82, 2.24) is 4.57 Å². The van der Waals surface area contributed by atoms with Gasteiger partial charge in [-0.05, 0) is 26.0 Å². The van der Waals surface area contributed by atoms with E-state index in [2.05, 4.69) is 6.58 Å². The summed E-state index contributed by atoms with van der Waals surface area (Å²) in [6.07, 6.45) is 1.73. The normalized spacial score (nSPS) is 10.3. The number of hydrogen-bond acceptors (Lipinski definition) is 5. The van der Waals surface area contributed by atoms with Crippen molar-refractivity contribution in [2.75, 3.05) is 6.61 Å². The number of hydrogen-bond donors (Lipinski definition) is 0. The van der Waals surface area contributed by atoms with Crippen LogP contribution in [0, 0.1) is 24.0 Å². The second-order valence-electron chi connectivity index (χ2n) is 5.46. The fourth-order valence-electron chi connectivity index (χ4n) is 2.59. The zero-order valence-corrected chi connectivity index (χ0v) is 14.0. The van der Waals surface area contributed by atoms with Crippen LogP contribution in [0.3, 0.4) is 0 Å². The standard InChI is InChI=1S/C18H18N2O5/c1-4-9-19-12(2)10-15(13(19)3)17(21)11-25-18(22)14-7-5-6-8-16(14)20(23)24/h4-8,10H,1,9,11H2,2-3H3. The molecule has 0 aliphatic heterocycles. The minimum absolute atomic E-state index is 0.183. The molecule has 1 heterocycles. The van der Waals surface area contributed by atoms with E-state index in [4.69, 9.17) is 4.74 Å². The van der Waals surface area contributed by atoms with Crippen LogP contribution in [0.4, 0.5) is 5.69 Å². The summed E-state index contributed by atoms with van der Waals surface area (Å²) in [4.78, 5) is 34.7. The zero-order chi connectivity index (χ0) is 18.6.